The van der Waals surface area contributed by atoms with Crippen molar-refractivity contribution in [2.45, 2.75) is 26.7 Å². The summed E-state index contributed by atoms with van der Waals surface area (Å²) < 4.78 is 0. The number of hydrogen-bond acceptors (Lipinski definition) is 0. The van der Waals surface area contributed by atoms with Crippen LogP contribution in [-0.2, 0) is 0 Å². The zero-order valence-electron chi connectivity index (χ0n) is 13.1. The predicted molar refractivity (Wildman–Crippen MR) is 96.3 cm³/mol. The molecule has 0 spiro atoms. The molecular formula is C21H26. The van der Waals surface area contributed by atoms with E-state index in [4.69, 9.17) is 0 Å². The van der Waals surface area contributed by atoms with E-state index in [1.165, 1.54) is 34.4 Å². The van der Waals surface area contributed by atoms with Crippen LogP contribution in [0.4, 0.5) is 0 Å². The molecular weight excluding hydrogens is 252 g/mol. The Morgan fingerprint density at radius 1 is 1.24 bits per heavy atom. The molecule has 0 aromatic heterocycles. The zero-order valence-corrected chi connectivity index (χ0v) is 13.1. The SMILES string of the molecule is C=C/C(C)=C/C=C\C1(C(=C)/C=c2/cccc/c2=C/C)CC1.[HH]. The molecule has 0 N–H and O–H groups in total. The first-order valence-electron chi connectivity index (χ1n) is 7.52. The first-order valence-corrected chi connectivity index (χ1v) is 7.52. The molecule has 0 amide bonds. The minimum atomic E-state index is 0. The van der Waals surface area contributed by atoms with Crippen molar-refractivity contribution in [1.82, 2.24) is 0 Å². The highest BCUT2D eigenvalue weighted by Crippen LogP contribution is 2.53. The summed E-state index contributed by atoms with van der Waals surface area (Å²) >= 11 is 0. The van der Waals surface area contributed by atoms with Crippen molar-refractivity contribution < 1.29 is 1.43 Å². The van der Waals surface area contributed by atoms with E-state index in [0.717, 1.165) is 0 Å². The van der Waals surface area contributed by atoms with Gasteiger partial charge in [0.1, 0.15) is 0 Å². The second-order valence-electron chi connectivity index (χ2n) is 5.72. The van der Waals surface area contributed by atoms with Crippen molar-refractivity contribution >= 4 is 12.2 Å². The Balaban J connectivity index is 0.00000242. The Kier molecular flexibility index (Phi) is 4.80. The lowest BCUT2D eigenvalue weighted by Crippen LogP contribution is -2.24. The first-order chi connectivity index (χ1) is 10.1. The molecule has 0 heteroatoms. The molecule has 1 fully saturated rings. The Hall–Kier alpha value is -2.08. The Labute approximate surface area is 129 Å². The Bertz CT molecular complexity index is 713. The van der Waals surface area contributed by atoms with Crippen molar-refractivity contribution in [2.24, 2.45) is 5.41 Å². The van der Waals surface area contributed by atoms with E-state index >= 15 is 0 Å². The second-order valence-corrected chi connectivity index (χ2v) is 5.72. The van der Waals surface area contributed by atoms with E-state index in [1.807, 2.05) is 6.08 Å². The van der Waals surface area contributed by atoms with Gasteiger partial charge in [0.15, 0.2) is 0 Å². The molecule has 0 unspecified atom stereocenters. The van der Waals surface area contributed by atoms with Gasteiger partial charge in [-0.3, -0.25) is 0 Å². The summed E-state index contributed by atoms with van der Waals surface area (Å²) in [4.78, 5) is 0. The van der Waals surface area contributed by atoms with Gasteiger partial charge in [-0.2, -0.15) is 0 Å². The van der Waals surface area contributed by atoms with Crippen LogP contribution in [0.3, 0.4) is 0 Å². The van der Waals surface area contributed by atoms with Crippen molar-refractivity contribution in [3.63, 3.8) is 0 Å². The Morgan fingerprint density at radius 2 is 1.90 bits per heavy atom. The molecule has 0 nitrogen and oxygen atoms in total. The van der Waals surface area contributed by atoms with Crippen LogP contribution >= 0.6 is 0 Å². The van der Waals surface area contributed by atoms with E-state index < -0.39 is 0 Å². The fourth-order valence-corrected chi connectivity index (χ4v) is 2.42. The summed E-state index contributed by atoms with van der Waals surface area (Å²) in [5.74, 6) is 0. The molecule has 0 radical (unpaired) electrons. The van der Waals surface area contributed by atoms with Gasteiger partial charge in [0.05, 0.1) is 0 Å². The lowest BCUT2D eigenvalue weighted by atomic mass is 9.95. The standard InChI is InChI=1S/C21H24.H2/c1-5-17(3)10-9-13-21(14-15-21)18(4)16-20-12-8-7-11-19(20)6-2;/h5-13,16H,1,4,14-15H2,2-3H3;1H/b13-9-,17-10+,19-6-,20-16-;. The van der Waals surface area contributed by atoms with E-state index in [9.17, 15) is 0 Å². The number of allylic oxidation sites excluding steroid dienone is 6. The third-order valence-corrected chi connectivity index (χ3v) is 4.16. The lowest BCUT2D eigenvalue weighted by Gasteiger charge is -2.09. The molecule has 1 aliphatic carbocycles. The van der Waals surface area contributed by atoms with Crippen LogP contribution in [0.15, 0.2) is 72.9 Å². The van der Waals surface area contributed by atoms with Crippen LogP contribution in [-0.4, -0.2) is 0 Å². The van der Waals surface area contributed by atoms with Gasteiger partial charge in [-0.1, -0.05) is 79.5 Å². The Morgan fingerprint density at radius 3 is 2.48 bits per heavy atom. The molecule has 1 saturated carbocycles. The van der Waals surface area contributed by atoms with Crippen LogP contribution in [0.5, 0.6) is 0 Å². The molecule has 21 heavy (non-hydrogen) atoms. The average molecular weight is 278 g/mol. The van der Waals surface area contributed by atoms with E-state index in [-0.39, 0.29) is 6.84 Å². The number of hydrogen-bond donors (Lipinski definition) is 0. The van der Waals surface area contributed by atoms with Crippen molar-refractivity contribution in [1.29, 1.82) is 0 Å². The van der Waals surface area contributed by atoms with Gasteiger partial charge in [0.25, 0.3) is 0 Å². The van der Waals surface area contributed by atoms with Crippen LogP contribution in [0.1, 0.15) is 28.1 Å². The largest absolute Gasteiger partial charge is 0.0988 e. The van der Waals surface area contributed by atoms with Gasteiger partial charge in [-0.15, -0.1) is 0 Å². The summed E-state index contributed by atoms with van der Waals surface area (Å²) in [7, 11) is 0. The van der Waals surface area contributed by atoms with Crippen LogP contribution in [0.25, 0.3) is 12.2 Å². The summed E-state index contributed by atoms with van der Waals surface area (Å²) in [5.41, 5.74) is 2.55. The fourth-order valence-electron chi connectivity index (χ4n) is 2.42. The maximum absolute atomic E-state index is 4.32. The third kappa shape index (κ3) is 3.72. The summed E-state index contributed by atoms with van der Waals surface area (Å²) in [6.07, 6.45) is 15.2. The topological polar surface area (TPSA) is 0 Å². The zero-order chi connectivity index (χ0) is 15.3. The first kappa shape index (κ1) is 15.3. The van der Waals surface area contributed by atoms with Gasteiger partial charge in [-0.25, -0.2) is 0 Å². The van der Waals surface area contributed by atoms with Crippen molar-refractivity contribution in [3.05, 3.63) is 83.3 Å². The minimum absolute atomic E-state index is 0. The van der Waals surface area contributed by atoms with Crippen LogP contribution in [0.2, 0.25) is 0 Å². The highest BCUT2D eigenvalue weighted by Gasteiger charge is 2.41. The third-order valence-electron chi connectivity index (χ3n) is 4.16. The normalized spacial score (nSPS) is 19.0. The predicted octanol–water partition coefficient (Wildman–Crippen LogP) is 4.54. The van der Waals surface area contributed by atoms with Crippen LogP contribution < -0.4 is 10.4 Å². The smallest absolute Gasteiger partial charge is 0.0130 e. The molecule has 0 bridgehead atoms. The molecule has 0 aliphatic heterocycles. The van der Waals surface area contributed by atoms with Gasteiger partial charge in [0, 0.05) is 6.84 Å². The molecule has 1 aliphatic rings. The number of rotatable bonds is 5. The molecule has 1 aromatic rings. The fraction of sp³-hybridized carbons (Fsp3) is 0.238. The highest BCUT2D eigenvalue weighted by atomic mass is 14.4. The monoisotopic (exact) mass is 278 g/mol. The summed E-state index contributed by atoms with van der Waals surface area (Å²) in [5, 5.41) is 2.52. The summed E-state index contributed by atoms with van der Waals surface area (Å²) in [6.45, 7) is 12.2. The molecule has 1 aromatic carbocycles. The van der Waals surface area contributed by atoms with Gasteiger partial charge in [-0.05, 0) is 42.7 Å². The van der Waals surface area contributed by atoms with Crippen molar-refractivity contribution in [3.8, 4) is 0 Å². The molecule has 0 atom stereocenters. The van der Waals surface area contributed by atoms with Crippen molar-refractivity contribution in [2.75, 3.05) is 0 Å². The number of benzene rings is 1. The molecule has 2 rings (SSSR count). The summed E-state index contributed by atoms with van der Waals surface area (Å²) in [6, 6.07) is 8.45. The van der Waals surface area contributed by atoms with E-state index in [0.29, 0.717) is 0 Å². The van der Waals surface area contributed by atoms with Crippen LogP contribution in [0, 0.1) is 5.41 Å². The lowest BCUT2D eigenvalue weighted by molar-refractivity contribution is 0.825. The molecule has 0 heterocycles. The van der Waals surface area contributed by atoms with E-state index in [1.54, 1.807) is 0 Å². The molecule has 0 saturated heterocycles. The maximum atomic E-state index is 4.32. The van der Waals surface area contributed by atoms with E-state index in [2.05, 4.69) is 81.7 Å². The molecule has 110 valence electrons. The van der Waals surface area contributed by atoms with Gasteiger partial charge >= 0.3 is 0 Å². The quantitative estimate of drug-likeness (QED) is 0.694. The van der Waals surface area contributed by atoms with Gasteiger partial charge < -0.3 is 0 Å². The average Bonchev–Trinajstić information content (AvgIpc) is 3.28. The maximum Gasteiger partial charge on any atom is 0.0130 e. The van der Waals surface area contributed by atoms with Gasteiger partial charge in [0.2, 0.25) is 0 Å². The highest BCUT2D eigenvalue weighted by molar-refractivity contribution is 5.54. The minimum Gasteiger partial charge on any atom is -0.0988 e. The second kappa shape index (κ2) is 6.58.